The van der Waals surface area contributed by atoms with E-state index in [1.807, 2.05) is 0 Å². The van der Waals surface area contributed by atoms with Crippen molar-refractivity contribution in [2.75, 3.05) is 11.5 Å². The molecule has 3 rings (SSSR count). The maximum atomic E-state index is 12.3. The smallest absolute Gasteiger partial charge is 0.272 e. The summed E-state index contributed by atoms with van der Waals surface area (Å²) in [6.45, 7) is 3.64. The van der Waals surface area contributed by atoms with Crippen molar-refractivity contribution in [3.05, 3.63) is 35.0 Å². The van der Waals surface area contributed by atoms with Crippen LogP contribution in [0, 0.1) is 5.41 Å². The van der Waals surface area contributed by atoms with E-state index in [1.54, 1.807) is 6.08 Å². The summed E-state index contributed by atoms with van der Waals surface area (Å²) in [5, 5.41) is 11.8. The molecular weight excluding hydrogens is 350 g/mol. The van der Waals surface area contributed by atoms with E-state index in [0.29, 0.717) is 17.6 Å². The highest BCUT2D eigenvalue weighted by Gasteiger charge is 2.52. The van der Waals surface area contributed by atoms with Gasteiger partial charge in [-0.1, -0.05) is 12.7 Å². The Labute approximate surface area is 145 Å². The second-order valence-corrected chi connectivity index (χ2v) is 7.03. The summed E-state index contributed by atoms with van der Waals surface area (Å²) in [6.07, 6.45) is 2.17. The number of β-lactam (4-membered cyclic amide) rings is 1. The van der Waals surface area contributed by atoms with Crippen LogP contribution in [0.5, 0.6) is 0 Å². The third-order valence-corrected chi connectivity index (χ3v) is 5.67. The third kappa shape index (κ3) is 2.53. The molecule has 1 unspecified atom stereocenters. The van der Waals surface area contributed by atoms with Crippen LogP contribution in [0.1, 0.15) is 5.69 Å². The van der Waals surface area contributed by atoms with Gasteiger partial charge in [0, 0.05) is 11.1 Å². The van der Waals surface area contributed by atoms with Crippen molar-refractivity contribution in [3.63, 3.8) is 0 Å². The van der Waals surface area contributed by atoms with Crippen molar-refractivity contribution in [2.45, 2.75) is 11.4 Å². The number of nitrogen functional groups attached to an aromatic ring is 1. The number of nitrogens with zero attached hydrogens (tertiary/aromatic N) is 2. The zero-order valence-corrected chi connectivity index (χ0v) is 13.9. The van der Waals surface area contributed by atoms with Crippen LogP contribution < -0.4 is 11.1 Å². The Bertz CT molecular complexity index is 800. The summed E-state index contributed by atoms with van der Waals surface area (Å²) in [5.41, 5.74) is 6.27. The highest BCUT2D eigenvalue weighted by molar-refractivity contribution is 8.00. The number of aldehydes is 1. The first-order valence-electron chi connectivity index (χ1n) is 6.84. The summed E-state index contributed by atoms with van der Waals surface area (Å²) in [4.78, 5) is 40.9. The van der Waals surface area contributed by atoms with E-state index >= 15 is 0 Å². The minimum Gasteiger partial charge on any atom is -0.375 e. The number of hydrogen-bond acceptors (Lipinski definition) is 8. The van der Waals surface area contributed by atoms with Gasteiger partial charge in [0.25, 0.3) is 11.8 Å². The second-order valence-electron chi connectivity index (χ2n) is 5.04. The Balaban J connectivity index is 1.72. The first-order chi connectivity index (χ1) is 11.5. The summed E-state index contributed by atoms with van der Waals surface area (Å²) in [6, 6.07) is -0.778. The predicted octanol–water partition coefficient (Wildman–Crippen LogP) is 0.132. The number of aromatic nitrogens is 1. The lowest BCUT2D eigenvalue weighted by atomic mass is 10.0. The van der Waals surface area contributed by atoms with Gasteiger partial charge < -0.3 is 11.1 Å². The molecule has 2 atom stereocenters. The number of rotatable bonds is 5. The summed E-state index contributed by atoms with van der Waals surface area (Å²) < 4.78 is 0. The fraction of sp³-hybridized carbons (Fsp3) is 0.214. The van der Waals surface area contributed by atoms with Crippen LogP contribution in [0.3, 0.4) is 0 Å². The number of thioether (sulfide) groups is 1. The molecule has 24 heavy (non-hydrogen) atoms. The monoisotopic (exact) mass is 363 g/mol. The maximum absolute atomic E-state index is 12.3. The summed E-state index contributed by atoms with van der Waals surface area (Å²) in [7, 11) is 0. The van der Waals surface area contributed by atoms with Gasteiger partial charge in [-0.15, -0.1) is 23.1 Å². The lowest BCUT2D eigenvalue weighted by Crippen LogP contribution is -2.70. The second kappa shape index (κ2) is 6.21. The van der Waals surface area contributed by atoms with Crippen molar-refractivity contribution in [1.29, 1.82) is 5.41 Å². The highest BCUT2D eigenvalue weighted by atomic mass is 32.2. The van der Waals surface area contributed by atoms with Gasteiger partial charge in [-0.2, -0.15) is 0 Å². The van der Waals surface area contributed by atoms with Crippen LogP contribution in [-0.4, -0.2) is 50.9 Å². The van der Waals surface area contributed by atoms with E-state index in [2.05, 4.69) is 16.9 Å². The molecule has 8 nitrogen and oxygen atoms in total. The molecule has 1 fully saturated rings. The van der Waals surface area contributed by atoms with Gasteiger partial charge in [-0.3, -0.25) is 24.7 Å². The van der Waals surface area contributed by atoms with Crippen molar-refractivity contribution < 1.29 is 14.4 Å². The average Bonchev–Trinajstić information content (AvgIpc) is 3.03. The Morgan fingerprint density at radius 1 is 1.58 bits per heavy atom. The van der Waals surface area contributed by atoms with Gasteiger partial charge in [0.15, 0.2) is 11.4 Å². The number of carbonyl (C=O) groups is 3. The number of fused-ring (bicyclic) bond motifs is 1. The van der Waals surface area contributed by atoms with Crippen molar-refractivity contribution >= 4 is 52.0 Å². The molecule has 2 aliphatic rings. The zero-order chi connectivity index (χ0) is 17.4. The molecule has 0 bridgehead atoms. The van der Waals surface area contributed by atoms with E-state index < -0.39 is 11.9 Å². The van der Waals surface area contributed by atoms with Crippen LogP contribution >= 0.6 is 23.1 Å². The van der Waals surface area contributed by atoms with E-state index in [1.165, 1.54) is 22.0 Å². The zero-order valence-electron chi connectivity index (χ0n) is 12.3. The van der Waals surface area contributed by atoms with Crippen LogP contribution in [0.2, 0.25) is 0 Å². The fourth-order valence-corrected chi connectivity index (χ4v) is 4.37. The van der Waals surface area contributed by atoms with Crippen LogP contribution in [-0.2, 0) is 14.4 Å². The minimum atomic E-state index is -0.778. The van der Waals surface area contributed by atoms with Crippen molar-refractivity contribution in [1.82, 2.24) is 15.2 Å². The molecule has 10 heteroatoms. The Kier molecular flexibility index (Phi) is 4.24. The lowest BCUT2D eigenvalue weighted by Gasteiger charge is -2.49. The molecule has 124 valence electrons. The van der Waals surface area contributed by atoms with Crippen molar-refractivity contribution in [2.24, 2.45) is 0 Å². The molecule has 2 amide bonds. The van der Waals surface area contributed by atoms with Gasteiger partial charge in [0.1, 0.15) is 22.8 Å². The van der Waals surface area contributed by atoms with Gasteiger partial charge in [0.2, 0.25) is 0 Å². The van der Waals surface area contributed by atoms with Gasteiger partial charge >= 0.3 is 0 Å². The number of nitrogens with one attached hydrogen (secondary N) is 2. The Morgan fingerprint density at radius 2 is 2.33 bits per heavy atom. The van der Waals surface area contributed by atoms with E-state index in [4.69, 9.17) is 11.1 Å². The molecule has 0 radical (unpaired) electrons. The highest BCUT2D eigenvalue weighted by Crippen LogP contribution is 2.39. The number of allylic oxidation sites excluding steroid dienone is 2. The predicted molar refractivity (Wildman–Crippen MR) is 91.7 cm³/mol. The van der Waals surface area contributed by atoms with Crippen LogP contribution in [0.15, 0.2) is 29.3 Å². The standard InChI is InChI=1S/C14H13N5O3S2/c1-2-6-4-23-13-10(12(22)19(13)8(6)3-20)18-11(21)9(15)7-5-24-14(16)17-7/h2-3,5,10,13,15H,1,4H2,(H2,16,17)(H,18,21)/t10-,13?/m1/s1. The molecule has 3 heterocycles. The van der Waals surface area contributed by atoms with Gasteiger partial charge in [0.05, 0.1) is 5.70 Å². The van der Waals surface area contributed by atoms with Crippen LogP contribution in [0.4, 0.5) is 5.13 Å². The lowest BCUT2D eigenvalue weighted by molar-refractivity contribution is -0.145. The average molecular weight is 363 g/mol. The summed E-state index contributed by atoms with van der Waals surface area (Å²) in [5.74, 6) is -0.559. The normalized spacial score (nSPS) is 22.5. The molecule has 0 saturated carbocycles. The van der Waals surface area contributed by atoms with E-state index in [-0.39, 0.29) is 33.5 Å². The van der Waals surface area contributed by atoms with Gasteiger partial charge in [-0.25, -0.2) is 4.98 Å². The Hall–Kier alpha value is -2.46. The fourth-order valence-electron chi connectivity index (χ4n) is 2.46. The molecule has 0 spiro atoms. The minimum absolute atomic E-state index is 0.164. The number of carbonyl (C=O) groups excluding carboxylic acids is 3. The quantitative estimate of drug-likeness (QED) is 0.387. The SMILES string of the molecule is C=CC1=C(C=O)N2C(=O)[C@@H](NC(=O)C(=N)c3csc(N)n3)C2SC1. The topological polar surface area (TPSA) is 129 Å². The summed E-state index contributed by atoms with van der Waals surface area (Å²) >= 11 is 2.55. The Morgan fingerprint density at radius 3 is 2.92 bits per heavy atom. The number of anilines is 1. The molecule has 1 saturated heterocycles. The van der Waals surface area contributed by atoms with E-state index in [0.717, 1.165) is 11.3 Å². The maximum Gasteiger partial charge on any atom is 0.272 e. The van der Waals surface area contributed by atoms with Gasteiger partial charge in [-0.05, 0) is 5.57 Å². The molecule has 2 aliphatic heterocycles. The molecule has 1 aromatic rings. The molecule has 4 N–H and O–H groups in total. The van der Waals surface area contributed by atoms with E-state index in [9.17, 15) is 14.4 Å². The number of thiazole rings is 1. The number of nitrogens with two attached hydrogens (primary N) is 1. The van der Waals surface area contributed by atoms with Crippen molar-refractivity contribution in [3.8, 4) is 0 Å². The largest absolute Gasteiger partial charge is 0.375 e. The molecule has 1 aromatic heterocycles. The van der Waals surface area contributed by atoms with Crippen LogP contribution in [0.25, 0.3) is 0 Å². The molecule has 0 aliphatic carbocycles. The third-order valence-electron chi connectivity index (χ3n) is 3.69. The molecule has 0 aromatic carbocycles. The molecular formula is C14H13N5O3S2. The first-order valence-corrected chi connectivity index (χ1v) is 8.77. The first kappa shape index (κ1) is 16.4. The number of amides is 2. The number of hydrogen-bond donors (Lipinski definition) is 3.